The Labute approximate surface area is 309 Å². The van der Waals surface area contributed by atoms with Gasteiger partial charge < -0.3 is 20.4 Å². The first-order valence-electron chi connectivity index (χ1n) is 18.3. The first-order valence-corrected chi connectivity index (χ1v) is 18.3. The summed E-state index contributed by atoms with van der Waals surface area (Å²) >= 11 is 0. The summed E-state index contributed by atoms with van der Waals surface area (Å²) in [4.78, 5) is 30.0. The van der Waals surface area contributed by atoms with E-state index in [1.165, 1.54) is 12.1 Å². The molecule has 0 saturated heterocycles. The van der Waals surface area contributed by atoms with Gasteiger partial charge in [-0.25, -0.2) is 4.79 Å². The number of hydrogen-bond acceptors (Lipinski definition) is 4. The number of aliphatic hydroxyl groups excluding tert-OH is 1. The van der Waals surface area contributed by atoms with Crippen molar-refractivity contribution in [2.24, 2.45) is 5.41 Å². The smallest absolute Gasteiger partial charge is 0.393 e. The van der Waals surface area contributed by atoms with Crippen LogP contribution in [0.15, 0.2) is 115 Å². The van der Waals surface area contributed by atoms with Crippen LogP contribution in [0.3, 0.4) is 0 Å². The number of amides is 2. The van der Waals surface area contributed by atoms with Gasteiger partial charge in [-0.3, -0.25) is 4.79 Å². The molecule has 0 spiro atoms. The molecule has 9 heteroatoms. The van der Waals surface area contributed by atoms with Gasteiger partial charge in [-0.2, -0.15) is 13.2 Å². The Morgan fingerprint density at radius 2 is 1.62 bits per heavy atom. The maximum absolute atomic E-state index is 14.3. The van der Waals surface area contributed by atoms with Crippen molar-refractivity contribution in [1.82, 2.24) is 4.90 Å². The van der Waals surface area contributed by atoms with Crippen LogP contribution in [0.2, 0.25) is 0 Å². The molecule has 2 bridgehead atoms. The Morgan fingerprint density at radius 3 is 2.34 bits per heavy atom. The van der Waals surface area contributed by atoms with E-state index in [0.717, 1.165) is 23.3 Å². The highest BCUT2D eigenvalue weighted by atomic mass is 19.4. The molecule has 4 aromatic rings. The van der Waals surface area contributed by atoms with E-state index in [-0.39, 0.29) is 42.6 Å². The SMILES string of the molecule is CC1=CCCC2(C)C(CCC2(O)CN(Cc2ccccc2)C(=O)Nc2ccccc2)c2ccc(cc2C(=O)c2cccc(C(F)(F)F)c2)CC(O)CC1. The highest BCUT2D eigenvalue weighted by molar-refractivity contribution is 6.10. The minimum absolute atomic E-state index is 0.0114. The van der Waals surface area contributed by atoms with Crippen LogP contribution < -0.4 is 5.32 Å². The van der Waals surface area contributed by atoms with E-state index in [0.29, 0.717) is 55.3 Å². The fraction of sp³-hybridized carbons (Fsp3) is 0.364. The summed E-state index contributed by atoms with van der Waals surface area (Å²) in [6.45, 7) is 4.31. The van der Waals surface area contributed by atoms with Crippen LogP contribution in [0.25, 0.3) is 0 Å². The van der Waals surface area contributed by atoms with Crippen molar-refractivity contribution >= 4 is 17.5 Å². The number of ketones is 1. The molecule has 4 atom stereocenters. The number of alkyl halides is 3. The van der Waals surface area contributed by atoms with Crippen molar-refractivity contribution in [3.63, 3.8) is 0 Å². The van der Waals surface area contributed by atoms with Crippen molar-refractivity contribution < 1.29 is 33.0 Å². The average molecular weight is 725 g/mol. The van der Waals surface area contributed by atoms with Crippen LogP contribution in [-0.2, 0) is 19.1 Å². The van der Waals surface area contributed by atoms with Gasteiger partial charge in [-0.05, 0) is 105 Å². The number of aliphatic hydroxyl groups is 2. The summed E-state index contributed by atoms with van der Waals surface area (Å²) in [7, 11) is 0. The van der Waals surface area contributed by atoms with Crippen LogP contribution in [-0.4, -0.2) is 45.2 Å². The lowest BCUT2D eigenvalue weighted by Crippen LogP contribution is -2.54. The molecule has 7 rings (SSSR count). The lowest BCUT2D eigenvalue weighted by Gasteiger charge is -2.46. The molecule has 1 saturated carbocycles. The van der Waals surface area contributed by atoms with E-state index in [1.807, 2.05) is 74.5 Å². The monoisotopic (exact) mass is 724 g/mol. The summed E-state index contributed by atoms with van der Waals surface area (Å²) in [6, 6.07) is 28.3. The number of benzene rings is 4. The zero-order chi connectivity index (χ0) is 37.8. The van der Waals surface area contributed by atoms with E-state index in [9.17, 15) is 33.0 Å². The topological polar surface area (TPSA) is 89.9 Å². The van der Waals surface area contributed by atoms with Gasteiger partial charge in [0, 0.05) is 28.8 Å². The van der Waals surface area contributed by atoms with Crippen LogP contribution >= 0.6 is 0 Å². The molecule has 0 radical (unpaired) electrons. The minimum atomic E-state index is -4.62. The second kappa shape index (κ2) is 15.7. The van der Waals surface area contributed by atoms with Gasteiger partial charge in [0.2, 0.25) is 0 Å². The molecule has 0 aliphatic heterocycles. The Morgan fingerprint density at radius 1 is 0.906 bits per heavy atom. The maximum Gasteiger partial charge on any atom is 0.416 e. The van der Waals surface area contributed by atoms with E-state index in [2.05, 4.69) is 11.4 Å². The highest BCUT2D eigenvalue weighted by Gasteiger charge is 2.57. The fourth-order valence-electron chi connectivity index (χ4n) is 8.23. The molecule has 2 amide bonds. The molecule has 6 nitrogen and oxygen atoms in total. The number of halogens is 3. The van der Waals surface area contributed by atoms with Crippen molar-refractivity contribution in [2.75, 3.05) is 11.9 Å². The maximum atomic E-state index is 14.3. The number of nitrogens with zero attached hydrogens (tertiary/aromatic N) is 1. The number of nitrogens with one attached hydrogen (secondary N) is 1. The Kier molecular flexibility index (Phi) is 11.3. The predicted molar refractivity (Wildman–Crippen MR) is 201 cm³/mol. The van der Waals surface area contributed by atoms with Gasteiger partial charge in [0.15, 0.2) is 5.78 Å². The Hall–Kier alpha value is -4.73. The van der Waals surface area contributed by atoms with Gasteiger partial charge in [0.05, 0.1) is 23.8 Å². The number of hydrogen-bond donors (Lipinski definition) is 3. The van der Waals surface area contributed by atoms with E-state index < -0.39 is 34.6 Å². The number of urea groups is 1. The number of para-hydroxylation sites is 1. The third-order valence-corrected chi connectivity index (χ3v) is 11.3. The van der Waals surface area contributed by atoms with Crippen LogP contribution in [0.1, 0.15) is 96.5 Å². The zero-order valence-electron chi connectivity index (χ0n) is 30.2. The molecule has 0 heterocycles. The molecular weight excluding hydrogens is 677 g/mol. The lowest BCUT2D eigenvalue weighted by molar-refractivity contribution is -0.137. The zero-order valence-corrected chi connectivity index (χ0v) is 30.2. The molecule has 1 fully saturated rings. The number of carbonyl (C=O) groups excluding carboxylic acids is 2. The normalized spacial score (nSPS) is 23.4. The molecule has 4 aromatic carbocycles. The molecule has 53 heavy (non-hydrogen) atoms. The van der Waals surface area contributed by atoms with Crippen molar-refractivity contribution in [3.8, 4) is 0 Å². The largest absolute Gasteiger partial charge is 0.416 e. The van der Waals surface area contributed by atoms with Crippen molar-refractivity contribution in [1.29, 1.82) is 0 Å². The van der Waals surface area contributed by atoms with Gasteiger partial charge >= 0.3 is 12.2 Å². The summed E-state index contributed by atoms with van der Waals surface area (Å²) < 4.78 is 41.3. The summed E-state index contributed by atoms with van der Waals surface area (Å²) in [5.74, 6) is -0.917. The summed E-state index contributed by atoms with van der Waals surface area (Å²) in [5.41, 5.74) is 1.01. The predicted octanol–water partition coefficient (Wildman–Crippen LogP) is 9.71. The standard InChI is InChI=1S/C44H47F3N2O4/c1-30-11-10-23-42(2)39(22-24-43(42,53)29-49(28-31-12-5-3-6-13-31)41(52)48-35-16-7-4-8-17-35)37-21-19-32(25-36(50)20-18-30)26-38(37)40(51)33-14-9-15-34(27-33)44(45,46)47/h3-9,11-17,19,21,26-27,36,39,50,53H,10,18,20,22-25,28-29H2,1-2H3,(H,48,52). The summed E-state index contributed by atoms with van der Waals surface area (Å²) in [6.07, 6.45) is 0.269. The molecular formula is C44H47F3N2O4. The molecule has 3 aliphatic rings. The Balaban J connectivity index is 1.43. The molecule has 3 aliphatic carbocycles. The van der Waals surface area contributed by atoms with E-state index in [1.54, 1.807) is 23.1 Å². The minimum Gasteiger partial charge on any atom is -0.393 e. The number of fused-ring (bicyclic) bond motifs is 8. The summed E-state index contributed by atoms with van der Waals surface area (Å²) in [5, 5.41) is 26.9. The second-order valence-corrected chi connectivity index (χ2v) is 15.0. The van der Waals surface area contributed by atoms with E-state index >= 15 is 0 Å². The van der Waals surface area contributed by atoms with Crippen LogP contribution in [0.4, 0.5) is 23.7 Å². The number of carbonyl (C=O) groups is 2. The average Bonchev–Trinajstić information content (AvgIpc) is 3.39. The van der Waals surface area contributed by atoms with Crippen molar-refractivity contribution in [3.05, 3.63) is 148 Å². The quantitative estimate of drug-likeness (QED) is 0.131. The van der Waals surface area contributed by atoms with Gasteiger partial charge in [-0.1, -0.05) is 91.4 Å². The fourth-order valence-corrected chi connectivity index (χ4v) is 8.23. The molecule has 3 N–H and O–H groups in total. The van der Waals surface area contributed by atoms with Crippen LogP contribution in [0.5, 0.6) is 0 Å². The number of rotatable bonds is 7. The third-order valence-electron chi connectivity index (χ3n) is 11.3. The van der Waals surface area contributed by atoms with Crippen molar-refractivity contribution in [2.45, 2.75) is 89.1 Å². The molecule has 4 unspecified atom stereocenters. The molecule has 0 aromatic heterocycles. The highest BCUT2D eigenvalue weighted by Crippen LogP contribution is 2.59. The van der Waals surface area contributed by atoms with Gasteiger partial charge in [0.1, 0.15) is 0 Å². The number of allylic oxidation sites excluding steroid dienone is 2. The van der Waals surface area contributed by atoms with Gasteiger partial charge in [-0.15, -0.1) is 0 Å². The first-order chi connectivity index (χ1) is 25.3. The second-order valence-electron chi connectivity index (χ2n) is 15.0. The lowest BCUT2D eigenvalue weighted by atomic mass is 9.64. The van der Waals surface area contributed by atoms with E-state index in [4.69, 9.17) is 0 Å². The molecule has 278 valence electrons. The number of anilines is 1. The van der Waals surface area contributed by atoms with Crippen LogP contribution in [0, 0.1) is 5.41 Å². The third kappa shape index (κ3) is 8.58. The van der Waals surface area contributed by atoms with Gasteiger partial charge in [0.25, 0.3) is 0 Å². The Bertz CT molecular complexity index is 1950. The first kappa shape index (κ1) is 38.0.